The summed E-state index contributed by atoms with van der Waals surface area (Å²) in [4.78, 5) is 6.21. The lowest BCUT2D eigenvalue weighted by Gasteiger charge is -2.25. The number of hydrogen-bond donors (Lipinski definition) is 0. The van der Waals surface area contributed by atoms with Crippen molar-refractivity contribution in [2.45, 2.75) is 38.5 Å². The molecule has 114 valence electrons. The van der Waals surface area contributed by atoms with Gasteiger partial charge in [-0.25, -0.2) is 4.98 Å². The Kier molecular flexibility index (Phi) is 3.94. The van der Waals surface area contributed by atoms with E-state index in [4.69, 9.17) is 10.1 Å². The third-order valence-corrected chi connectivity index (χ3v) is 5.60. The van der Waals surface area contributed by atoms with Gasteiger partial charge in [0, 0.05) is 18.7 Å². The first-order valence-electron chi connectivity index (χ1n) is 8.28. The highest BCUT2D eigenvalue weighted by molar-refractivity contribution is 7.17. The van der Waals surface area contributed by atoms with E-state index in [2.05, 4.69) is 35.3 Å². The molecule has 1 aliphatic carbocycles. The molecule has 1 saturated heterocycles. The second-order valence-corrected chi connectivity index (χ2v) is 7.07. The maximum absolute atomic E-state index is 4.96. The van der Waals surface area contributed by atoms with Crippen molar-refractivity contribution < 1.29 is 0 Å². The summed E-state index contributed by atoms with van der Waals surface area (Å²) in [5, 5.41) is 8.38. The standard InChI is InChI=1S/C18H21N3S/c1-3-8-14(9-4-1)18-19-15-10-7-11-16(17(15)22-18)20-21-12-5-2-6-13-21/h1,3-4,8-9H,2,5-7,10-13H2. The second-order valence-electron chi connectivity index (χ2n) is 6.08. The van der Waals surface area contributed by atoms with Gasteiger partial charge in [-0.3, -0.25) is 5.01 Å². The van der Waals surface area contributed by atoms with E-state index in [1.54, 1.807) is 0 Å². The SMILES string of the molecule is c1ccc(-c2nc3c(s2)C(=NN2CCCCC2)CCC3)cc1. The first-order chi connectivity index (χ1) is 10.9. The fraction of sp³-hybridized carbons (Fsp3) is 0.444. The van der Waals surface area contributed by atoms with Gasteiger partial charge in [-0.1, -0.05) is 30.3 Å². The topological polar surface area (TPSA) is 28.5 Å². The van der Waals surface area contributed by atoms with Gasteiger partial charge in [0.25, 0.3) is 0 Å². The molecule has 0 bridgehead atoms. The number of benzene rings is 1. The van der Waals surface area contributed by atoms with Crippen LogP contribution in [0, 0.1) is 0 Å². The minimum absolute atomic E-state index is 1.09. The molecule has 22 heavy (non-hydrogen) atoms. The molecular weight excluding hydrogens is 290 g/mol. The van der Waals surface area contributed by atoms with Crippen molar-refractivity contribution >= 4 is 17.0 Å². The zero-order valence-electron chi connectivity index (χ0n) is 12.8. The molecule has 0 N–H and O–H groups in total. The summed E-state index contributed by atoms with van der Waals surface area (Å²) in [6, 6.07) is 10.5. The Morgan fingerprint density at radius 2 is 1.77 bits per heavy atom. The number of hydrazone groups is 1. The van der Waals surface area contributed by atoms with Gasteiger partial charge in [-0.05, 0) is 38.5 Å². The molecule has 2 aliphatic rings. The highest BCUT2D eigenvalue weighted by atomic mass is 32.1. The van der Waals surface area contributed by atoms with Gasteiger partial charge in [0.2, 0.25) is 0 Å². The lowest BCUT2D eigenvalue weighted by atomic mass is 10.0. The average molecular weight is 311 g/mol. The Morgan fingerprint density at radius 3 is 2.59 bits per heavy atom. The predicted octanol–water partition coefficient (Wildman–Crippen LogP) is 4.34. The fourth-order valence-electron chi connectivity index (χ4n) is 3.23. The van der Waals surface area contributed by atoms with Crippen molar-refractivity contribution in [2.75, 3.05) is 13.1 Å². The monoisotopic (exact) mass is 311 g/mol. The Balaban J connectivity index is 1.66. The number of fused-ring (bicyclic) bond motifs is 1. The predicted molar refractivity (Wildman–Crippen MR) is 92.4 cm³/mol. The van der Waals surface area contributed by atoms with Gasteiger partial charge >= 0.3 is 0 Å². The molecule has 4 rings (SSSR count). The van der Waals surface area contributed by atoms with Gasteiger partial charge in [0.05, 0.1) is 16.3 Å². The van der Waals surface area contributed by atoms with E-state index in [1.165, 1.54) is 47.5 Å². The van der Waals surface area contributed by atoms with Crippen LogP contribution in [0.5, 0.6) is 0 Å². The van der Waals surface area contributed by atoms with Crippen LogP contribution in [0.1, 0.15) is 42.7 Å². The number of thiazole rings is 1. The molecule has 2 aromatic rings. The van der Waals surface area contributed by atoms with E-state index in [-0.39, 0.29) is 0 Å². The first kappa shape index (κ1) is 13.9. The highest BCUT2D eigenvalue weighted by Crippen LogP contribution is 2.33. The van der Waals surface area contributed by atoms with Crippen LogP contribution in [0.4, 0.5) is 0 Å². The molecule has 0 amide bonds. The van der Waals surface area contributed by atoms with Crippen molar-refractivity contribution in [1.29, 1.82) is 0 Å². The molecule has 0 unspecified atom stereocenters. The average Bonchev–Trinajstić information content (AvgIpc) is 3.02. The molecule has 4 heteroatoms. The molecule has 0 spiro atoms. The number of aryl methyl sites for hydroxylation is 1. The molecular formula is C18H21N3S. The molecule has 2 heterocycles. The molecule has 1 fully saturated rings. The molecule has 1 aliphatic heterocycles. The maximum Gasteiger partial charge on any atom is 0.124 e. The number of nitrogens with zero attached hydrogens (tertiary/aromatic N) is 3. The zero-order chi connectivity index (χ0) is 14.8. The second kappa shape index (κ2) is 6.21. The van der Waals surface area contributed by atoms with E-state index < -0.39 is 0 Å². The molecule has 0 radical (unpaired) electrons. The first-order valence-corrected chi connectivity index (χ1v) is 9.10. The lowest BCUT2D eigenvalue weighted by molar-refractivity contribution is 0.239. The van der Waals surface area contributed by atoms with E-state index in [9.17, 15) is 0 Å². The summed E-state index contributed by atoms with van der Waals surface area (Å²) >= 11 is 1.82. The smallest absolute Gasteiger partial charge is 0.124 e. The molecule has 0 atom stereocenters. The minimum atomic E-state index is 1.09. The summed E-state index contributed by atoms with van der Waals surface area (Å²) < 4.78 is 0. The Bertz CT molecular complexity index is 669. The summed E-state index contributed by atoms with van der Waals surface area (Å²) in [7, 11) is 0. The van der Waals surface area contributed by atoms with E-state index in [0.29, 0.717) is 0 Å². The third-order valence-electron chi connectivity index (χ3n) is 4.40. The van der Waals surface area contributed by atoms with E-state index in [0.717, 1.165) is 30.9 Å². The summed E-state index contributed by atoms with van der Waals surface area (Å²) in [5.74, 6) is 0. The summed E-state index contributed by atoms with van der Waals surface area (Å²) in [6.45, 7) is 2.23. The fourth-order valence-corrected chi connectivity index (χ4v) is 4.36. The van der Waals surface area contributed by atoms with E-state index >= 15 is 0 Å². The summed E-state index contributed by atoms with van der Waals surface area (Å²) in [5.41, 5.74) is 3.74. The van der Waals surface area contributed by atoms with Crippen molar-refractivity contribution in [3.05, 3.63) is 40.9 Å². The Morgan fingerprint density at radius 1 is 0.955 bits per heavy atom. The van der Waals surface area contributed by atoms with Gasteiger partial charge in [-0.2, -0.15) is 5.10 Å². The van der Waals surface area contributed by atoms with Gasteiger partial charge in [0.1, 0.15) is 5.01 Å². The summed E-state index contributed by atoms with van der Waals surface area (Å²) in [6.07, 6.45) is 7.28. The molecule has 1 aromatic carbocycles. The van der Waals surface area contributed by atoms with Crippen LogP contribution >= 0.6 is 11.3 Å². The quantitative estimate of drug-likeness (QED) is 0.825. The van der Waals surface area contributed by atoms with Crippen molar-refractivity contribution in [2.24, 2.45) is 5.10 Å². The number of aromatic nitrogens is 1. The van der Waals surface area contributed by atoms with Gasteiger partial charge < -0.3 is 0 Å². The van der Waals surface area contributed by atoms with E-state index in [1.807, 2.05) is 11.3 Å². The van der Waals surface area contributed by atoms with Crippen LogP contribution in [-0.2, 0) is 6.42 Å². The number of rotatable bonds is 2. The highest BCUT2D eigenvalue weighted by Gasteiger charge is 2.22. The van der Waals surface area contributed by atoms with Crippen molar-refractivity contribution in [3.8, 4) is 10.6 Å². The van der Waals surface area contributed by atoms with Crippen LogP contribution in [-0.4, -0.2) is 28.8 Å². The number of piperidine rings is 1. The van der Waals surface area contributed by atoms with Gasteiger partial charge in [0.15, 0.2) is 0 Å². The zero-order valence-corrected chi connectivity index (χ0v) is 13.6. The van der Waals surface area contributed by atoms with Crippen molar-refractivity contribution in [3.63, 3.8) is 0 Å². The maximum atomic E-state index is 4.96. The molecule has 1 aromatic heterocycles. The van der Waals surface area contributed by atoms with Crippen LogP contribution < -0.4 is 0 Å². The Labute approximate surface area is 135 Å². The largest absolute Gasteiger partial charge is 0.297 e. The van der Waals surface area contributed by atoms with Crippen LogP contribution in [0.2, 0.25) is 0 Å². The minimum Gasteiger partial charge on any atom is -0.297 e. The lowest BCUT2D eigenvalue weighted by Crippen LogP contribution is -2.27. The third kappa shape index (κ3) is 2.80. The van der Waals surface area contributed by atoms with Crippen LogP contribution in [0.15, 0.2) is 35.4 Å². The molecule has 0 saturated carbocycles. The Hall–Kier alpha value is -1.68. The number of hydrogen-bond acceptors (Lipinski definition) is 4. The van der Waals surface area contributed by atoms with Gasteiger partial charge in [-0.15, -0.1) is 11.3 Å². The van der Waals surface area contributed by atoms with Crippen molar-refractivity contribution in [1.82, 2.24) is 9.99 Å². The molecule has 3 nitrogen and oxygen atoms in total. The normalized spacial score (nSPS) is 20.2. The van der Waals surface area contributed by atoms with Crippen LogP contribution in [0.25, 0.3) is 10.6 Å². The van der Waals surface area contributed by atoms with Crippen LogP contribution in [0.3, 0.4) is 0 Å².